The van der Waals surface area contributed by atoms with Crippen LogP contribution in [0.2, 0.25) is 0 Å². The summed E-state index contributed by atoms with van der Waals surface area (Å²) in [5.41, 5.74) is 2.29. The summed E-state index contributed by atoms with van der Waals surface area (Å²) >= 11 is 0. The third-order valence-corrected chi connectivity index (χ3v) is 5.78. The van der Waals surface area contributed by atoms with Crippen molar-refractivity contribution in [1.82, 2.24) is 4.90 Å². The highest BCUT2D eigenvalue weighted by atomic mass is 16.5. The van der Waals surface area contributed by atoms with Gasteiger partial charge in [-0.25, -0.2) is 0 Å². The summed E-state index contributed by atoms with van der Waals surface area (Å²) in [5.74, 6) is -0.228. The lowest BCUT2D eigenvalue weighted by molar-refractivity contribution is -0.138. The van der Waals surface area contributed by atoms with Gasteiger partial charge >= 0.3 is 5.97 Å². The number of aliphatic carboxylic acids is 1. The third-order valence-electron chi connectivity index (χ3n) is 5.78. The number of likely N-dealkylation sites (N-methyl/N-ethyl adjacent to an activating group) is 1. The zero-order valence-electron chi connectivity index (χ0n) is 19.1. The first kappa shape index (κ1) is 23.2. The van der Waals surface area contributed by atoms with Crippen LogP contribution in [0.25, 0.3) is 10.8 Å². The van der Waals surface area contributed by atoms with E-state index in [1.54, 1.807) is 24.1 Å². The van der Waals surface area contributed by atoms with Gasteiger partial charge in [0, 0.05) is 24.1 Å². The lowest BCUT2D eigenvalue weighted by Gasteiger charge is -2.22. The second-order valence-electron chi connectivity index (χ2n) is 8.32. The Hall–Kier alpha value is -3.96. The Morgan fingerprint density at radius 1 is 0.853 bits per heavy atom. The molecule has 5 nitrogen and oxygen atoms in total. The Morgan fingerprint density at radius 2 is 1.53 bits per heavy atom. The molecule has 34 heavy (non-hydrogen) atoms. The molecule has 0 saturated heterocycles. The molecule has 0 aliphatic carbocycles. The van der Waals surface area contributed by atoms with Crippen LogP contribution in [0.4, 0.5) is 0 Å². The third kappa shape index (κ3) is 5.69. The van der Waals surface area contributed by atoms with E-state index in [4.69, 9.17) is 9.84 Å². The number of carbonyl (C=O) groups excluding carboxylic acids is 1. The van der Waals surface area contributed by atoms with E-state index in [0.717, 1.165) is 16.3 Å². The average molecular weight is 454 g/mol. The number of nitrogens with zero attached hydrogens (tertiary/aromatic N) is 1. The van der Waals surface area contributed by atoms with Crippen LogP contribution in [0.5, 0.6) is 5.75 Å². The van der Waals surface area contributed by atoms with E-state index < -0.39 is 5.97 Å². The first-order valence-electron chi connectivity index (χ1n) is 11.3. The molecule has 0 bridgehead atoms. The summed E-state index contributed by atoms with van der Waals surface area (Å²) in [7, 11) is 1.78. The average Bonchev–Trinajstić information content (AvgIpc) is 2.86. The smallest absolute Gasteiger partial charge is 0.317 e. The van der Waals surface area contributed by atoms with Crippen LogP contribution >= 0.6 is 0 Å². The maximum atomic E-state index is 13.2. The molecule has 4 rings (SSSR count). The number of ketones is 1. The molecule has 0 amide bonds. The fourth-order valence-electron chi connectivity index (χ4n) is 4.04. The van der Waals surface area contributed by atoms with Crippen molar-refractivity contribution in [3.05, 3.63) is 114 Å². The minimum atomic E-state index is -0.855. The maximum absolute atomic E-state index is 13.2. The van der Waals surface area contributed by atoms with Gasteiger partial charge in [-0.1, -0.05) is 72.8 Å². The van der Waals surface area contributed by atoms with E-state index in [0.29, 0.717) is 29.8 Å². The molecule has 0 radical (unpaired) electrons. The molecule has 0 aliphatic rings. The zero-order valence-corrected chi connectivity index (χ0v) is 19.1. The van der Waals surface area contributed by atoms with Crippen LogP contribution in [0.1, 0.15) is 34.0 Å². The summed E-state index contributed by atoms with van der Waals surface area (Å²) < 4.78 is 6.28. The zero-order chi connectivity index (χ0) is 23.9. The molecule has 4 aromatic rings. The molecule has 5 heteroatoms. The van der Waals surface area contributed by atoms with Crippen molar-refractivity contribution < 1.29 is 19.4 Å². The van der Waals surface area contributed by atoms with E-state index in [-0.39, 0.29) is 18.4 Å². The lowest BCUT2D eigenvalue weighted by atomic mass is 9.97. The SMILES string of the molecule is CN(CCC(Oc1ccc(C(=O)c2cccc3ccccc23)cc1)c1ccccc1)CC(=O)O. The highest BCUT2D eigenvalue weighted by Gasteiger charge is 2.17. The fourth-order valence-corrected chi connectivity index (χ4v) is 4.04. The predicted molar refractivity (Wildman–Crippen MR) is 133 cm³/mol. The molecule has 4 aromatic carbocycles. The molecule has 0 heterocycles. The Kier molecular flexibility index (Phi) is 7.35. The molecule has 1 unspecified atom stereocenters. The standard InChI is InChI=1S/C29H27NO4/c1-30(20-28(31)32)19-18-27(22-9-3-2-4-10-22)34-24-16-14-23(15-17-24)29(33)26-13-7-11-21-8-5-6-12-25(21)26/h2-17,27H,18-20H2,1H3,(H,31,32). The second kappa shape index (κ2) is 10.8. The highest BCUT2D eigenvalue weighted by Crippen LogP contribution is 2.27. The fraction of sp³-hybridized carbons (Fsp3) is 0.172. The number of hydrogen-bond acceptors (Lipinski definition) is 4. The van der Waals surface area contributed by atoms with E-state index in [1.165, 1.54) is 0 Å². The maximum Gasteiger partial charge on any atom is 0.317 e. The molecule has 0 fully saturated rings. The number of rotatable bonds is 10. The summed E-state index contributed by atoms with van der Waals surface area (Å²) in [6, 6.07) is 30.7. The summed E-state index contributed by atoms with van der Waals surface area (Å²) in [6.07, 6.45) is 0.391. The first-order chi connectivity index (χ1) is 16.5. The van der Waals surface area contributed by atoms with Crippen LogP contribution < -0.4 is 4.74 Å². The molecular formula is C29H27NO4. The van der Waals surface area contributed by atoms with Gasteiger partial charge in [0.25, 0.3) is 0 Å². The van der Waals surface area contributed by atoms with Crippen molar-refractivity contribution >= 4 is 22.5 Å². The predicted octanol–water partition coefficient (Wildman–Crippen LogP) is 5.60. The minimum absolute atomic E-state index is 0.0213. The van der Waals surface area contributed by atoms with Gasteiger partial charge in [0.1, 0.15) is 11.9 Å². The molecular weight excluding hydrogens is 426 g/mol. The number of carboxylic acids is 1. The number of fused-ring (bicyclic) bond motifs is 1. The summed E-state index contributed by atoms with van der Waals surface area (Å²) in [6.45, 7) is 0.552. The molecule has 0 aromatic heterocycles. The van der Waals surface area contributed by atoms with Gasteiger partial charge in [-0.15, -0.1) is 0 Å². The number of benzene rings is 4. The van der Waals surface area contributed by atoms with Crippen molar-refractivity contribution in [3.63, 3.8) is 0 Å². The number of carboxylic acid groups (broad SMARTS) is 1. The van der Waals surface area contributed by atoms with E-state index in [9.17, 15) is 9.59 Å². The second-order valence-corrected chi connectivity index (χ2v) is 8.32. The molecule has 1 atom stereocenters. The summed E-state index contributed by atoms with van der Waals surface area (Å²) in [4.78, 5) is 25.9. The van der Waals surface area contributed by atoms with Crippen LogP contribution in [0.15, 0.2) is 97.1 Å². The first-order valence-corrected chi connectivity index (χ1v) is 11.3. The van der Waals surface area contributed by atoms with Gasteiger partial charge in [0.2, 0.25) is 0 Å². The number of carbonyl (C=O) groups is 2. The van der Waals surface area contributed by atoms with Crippen molar-refractivity contribution in [3.8, 4) is 5.75 Å². The molecule has 172 valence electrons. The van der Waals surface area contributed by atoms with Crippen LogP contribution in [0.3, 0.4) is 0 Å². The Bertz CT molecular complexity index is 1260. The van der Waals surface area contributed by atoms with Gasteiger partial charge < -0.3 is 9.84 Å². The van der Waals surface area contributed by atoms with Crippen molar-refractivity contribution in [2.45, 2.75) is 12.5 Å². The quantitative estimate of drug-likeness (QED) is 0.317. The van der Waals surface area contributed by atoms with Gasteiger partial charge in [-0.05, 0) is 47.6 Å². The Morgan fingerprint density at radius 3 is 2.26 bits per heavy atom. The molecule has 0 aliphatic heterocycles. The van der Waals surface area contributed by atoms with Crippen LogP contribution in [-0.2, 0) is 4.79 Å². The van der Waals surface area contributed by atoms with Crippen molar-refractivity contribution in [2.24, 2.45) is 0 Å². The van der Waals surface area contributed by atoms with Gasteiger partial charge in [-0.2, -0.15) is 0 Å². The monoisotopic (exact) mass is 453 g/mol. The summed E-state index contributed by atoms with van der Waals surface area (Å²) in [5, 5.41) is 11.0. The van der Waals surface area contributed by atoms with Crippen LogP contribution in [-0.4, -0.2) is 41.9 Å². The number of hydrogen-bond donors (Lipinski definition) is 1. The van der Waals surface area contributed by atoms with Gasteiger partial charge in [0.05, 0.1) is 6.54 Å². The molecule has 0 saturated carbocycles. The lowest BCUT2D eigenvalue weighted by Crippen LogP contribution is -2.28. The van der Waals surface area contributed by atoms with Crippen LogP contribution in [0, 0.1) is 0 Å². The highest BCUT2D eigenvalue weighted by molar-refractivity contribution is 6.16. The Balaban J connectivity index is 1.51. The number of ether oxygens (including phenoxy) is 1. The molecule has 0 spiro atoms. The van der Waals surface area contributed by atoms with Crippen molar-refractivity contribution in [2.75, 3.05) is 20.1 Å². The van der Waals surface area contributed by atoms with Gasteiger partial charge in [0.15, 0.2) is 5.78 Å². The van der Waals surface area contributed by atoms with Gasteiger partial charge in [-0.3, -0.25) is 14.5 Å². The van der Waals surface area contributed by atoms with E-state index in [1.807, 2.05) is 84.9 Å². The molecule has 1 N–H and O–H groups in total. The minimum Gasteiger partial charge on any atom is -0.486 e. The van der Waals surface area contributed by atoms with E-state index in [2.05, 4.69) is 0 Å². The van der Waals surface area contributed by atoms with E-state index >= 15 is 0 Å². The topological polar surface area (TPSA) is 66.8 Å². The van der Waals surface area contributed by atoms with Crippen molar-refractivity contribution in [1.29, 1.82) is 0 Å². The normalized spacial score (nSPS) is 11.9. The largest absolute Gasteiger partial charge is 0.486 e. The Labute approximate surface area is 199 Å².